The molecule has 4 nitrogen and oxygen atoms in total. The number of carbonyl (C=O) groups is 1. The Balaban J connectivity index is 1.86. The van der Waals surface area contributed by atoms with Gasteiger partial charge in [0.05, 0.1) is 10.7 Å². The Kier molecular flexibility index (Phi) is 6.31. The number of nitrogens with one attached hydrogen (secondary N) is 1. The van der Waals surface area contributed by atoms with E-state index in [2.05, 4.69) is 47.2 Å². The SMILES string of the molecule is CC(C)(C)c1ccc(OCC(=O)NN=Cc2ccc(F)cc2)c(Br)c1. The molecule has 0 atom stereocenters. The van der Waals surface area contributed by atoms with Gasteiger partial charge in [0.1, 0.15) is 11.6 Å². The van der Waals surface area contributed by atoms with Gasteiger partial charge >= 0.3 is 0 Å². The third-order valence-corrected chi connectivity index (χ3v) is 4.05. The third kappa shape index (κ3) is 5.98. The maximum atomic E-state index is 12.8. The van der Waals surface area contributed by atoms with Gasteiger partial charge in [0.2, 0.25) is 0 Å². The van der Waals surface area contributed by atoms with Crippen molar-refractivity contribution in [3.63, 3.8) is 0 Å². The highest BCUT2D eigenvalue weighted by Crippen LogP contribution is 2.31. The molecule has 0 saturated heterocycles. The number of hydrazone groups is 1. The Morgan fingerprint density at radius 1 is 1.24 bits per heavy atom. The molecular weight excluding hydrogens is 387 g/mol. The van der Waals surface area contributed by atoms with Crippen LogP contribution in [0.15, 0.2) is 52.0 Å². The Labute approximate surface area is 155 Å². The minimum absolute atomic E-state index is 0.0352. The molecule has 0 fully saturated rings. The van der Waals surface area contributed by atoms with Crippen molar-refractivity contribution >= 4 is 28.1 Å². The van der Waals surface area contributed by atoms with E-state index >= 15 is 0 Å². The number of amides is 1. The highest BCUT2D eigenvalue weighted by Gasteiger charge is 2.15. The second kappa shape index (κ2) is 8.25. The van der Waals surface area contributed by atoms with Crippen LogP contribution >= 0.6 is 15.9 Å². The molecule has 2 aromatic rings. The number of hydrogen-bond acceptors (Lipinski definition) is 3. The van der Waals surface area contributed by atoms with Crippen LogP contribution in [-0.4, -0.2) is 18.7 Å². The monoisotopic (exact) mass is 406 g/mol. The van der Waals surface area contributed by atoms with Crippen molar-refractivity contribution in [1.82, 2.24) is 5.43 Å². The molecule has 0 aliphatic carbocycles. The second-order valence-electron chi connectivity index (χ2n) is 6.53. The molecule has 0 spiro atoms. The number of ether oxygens (including phenoxy) is 1. The fraction of sp³-hybridized carbons (Fsp3) is 0.263. The highest BCUT2D eigenvalue weighted by atomic mass is 79.9. The number of nitrogens with zero attached hydrogens (tertiary/aromatic N) is 1. The normalized spacial score (nSPS) is 11.6. The van der Waals surface area contributed by atoms with E-state index in [1.807, 2.05) is 18.2 Å². The molecule has 0 bridgehead atoms. The lowest BCUT2D eigenvalue weighted by Gasteiger charge is -2.20. The van der Waals surface area contributed by atoms with E-state index in [9.17, 15) is 9.18 Å². The number of hydrogen-bond donors (Lipinski definition) is 1. The van der Waals surface area contributed by atoms with Crippen LogP contribution < -0.4 is 10.2 Å². The molecule has 0 aromatic heterocycles. The summed E-state index contributed by atoms with van der Waals surface area (Å²) in [6, 6.07) is 11.6. The van der Waals surface area contributed by atoms with E-state index in [1.165, 1.54) is 23.9 Å². The lowest BCUT2D eigenvalue weighted by molar-refractivity contribution is -0.123. The van der Waals surface area contributed by atoms with E-state index < -0.39 is 0 Å². The summed E-state index contributed by atoms with van der Waals surface area (Å²) in [6.07, 6.45) is 1.44. The lowest BCUT2D eigenvalue weighted by atomic mass is 9.87. The number of benzene rings is 2. The van der Waals surface area contributed by atoms with Crippen LogP contribution in [-0.2, 0) is 10.2 Å². The first-order valence-corrected chi connectivity index (χ1v) is 8.55. The molecule has 0 heterocycles. The Morgan fingerprint density at radius 3 is 2.52 bits per heavy atom. The summed E-state index contributed by atoms with van der Waals surface area (Å²) >= 11 is 3.46. The first-order valence-electron chi connectivity index (χ1n) is 7.76. The lowest BCUT2D eigenvalue weighted by Crippen LogP contribution is -2.24. The standard InChI is InChI=1S/C19H20BrFN2O2/c1-19(2,3)14-6-9-17(16(20)10-14)25-12-18(24)23-22-11-13-4-7-15(21)8-5-13/h4-11H,12H2,1-3H3,(H,23,24). The molecule has 0 unspecified atom stereocenters. The molecule has 25 heavy (non-hydrogen) atoms. The summed E-state index contributed by atoms with van der Waals surface area (Å²) in [5.74, 6) is -0.117. The van der Waals surface area contributed by atoms with Crippen LogP contribution in [0.5, 0.6) is 5.75 Å². The van der Waals surface area contributed by atoms with Crippen molar-refractivity contribution in [2.75, 3.05) is 6.61 Å². The summed E-state index contributed by atoms with van der Waals surface area (Å²) < 4.78 is 19.1. The maximum absolute atomic E-state index is 12.8. The zero-order valence-corrected chi connectivity index (χ0v) is 15.9. The van der Waals surface area contributed by atoms with Crippen molar-refractivity contribution < 1.29 is 13.9 Å². The molecule has 0 aliphatic rings. The van der Waals surface area contributed by atoms with Crippen LogP contribution in [0.4, 0.5) is 4.39 Å². The average Bonchev–Trinajstić information content (AvgIpc) is 2.54. The van der Waals surface area contributed by atoms with Crippen molar-refractivity contribution in [1.29, 1.82) is 0 Å². The molecule has 0 radical (unpaired) electrons. The van der Waals surface area contributed by atoms with E-state index in [-0.39, 0.29) is 23.7 Å². The van der Waals surface area contributed by atoms with Gasteiger partial charge in [-0.15, -0.1) is 0 Å². The predicted octanol–water partition coefficient (Wildman–Crippen LogP) is 4.41. The summed E-state index contributed by atoms with van der Waals surface area (Å²) in [5.41, 5.74) is 4.25. The number of carbonyl (C=O) groups excluding carboxylic acids is 1. The van der Waals surface area contributed by atoms with Crippen LogP contribution in [0.3, 0.4) is 0 Å². The van der Waals surface area contributed by atoms with Gasteiger partial charge in [0.25, 0.3) is 5.91 Å². The molecule has 0 saturated carbocycles. The van der Waals surface area contributed by atoms with Gasteiger partial charge in [-0.2, -0.15) is 5.10 Å². The fourth-order valence-corrected chi connectivity index (χ4v) is 2.48. The van der Waals surface area contributed by atoms with Crippen molar-refractivity contribution in [3.05, 3.63) is 63.9 Å². The van der Waals surface area contributed by atoms with E-state index in [4.69, 9.17) is 4.74 Å². The van der Waals surface area contributed by atoms with Gasteiger partial charge in [0.15, 0.2) is 6.61 Å². The first-order chi connectivity index (χ1) is 11.8. The van der Waals surface area contributed by atoms with Gasteiger partial charge in [-0.05, 0) is 56.7 Å². The minimum Gasteiger partial charge on any atom is -0.483 e. The molecular formula is C19H20BrFN2O2. The highest BCUT2D eigenvalue weighted by molar-refractivity contribution is 9.10. The molecule has 0 aliphatic heterocycles. The smallest absolute Gasteiger partial charge is 0.277 e. The van der Waals surface area contributed by atoms with Gasteiger partial charge in [-0.25, -0.2) is 9.82 Å². The Hall–Kier alpha value is -2.21. The number of rotatable bonds is 5. The topological polar surface area (TPSA) is 50.7 Å². The summed E-state index contributed by atoms with van der Waals surface area (Å²) in [7, 11) is 0. The van der Waals surface area contributed by atoms with E-state index in [0.717, 1.165) is 4.47 Å². The fourth-order valence-electron chi connectivity index (χ4n) is 1.99. The van der Waals surface area contributed by atoms with Crippen LogP contribution in [0.2, 0.25) is 0 Å². The molecule has 1 amide bonds. The summed E-state index contributed by atoms with van der Waals surface area (Å²) in [4.78, 5) is 11.8. The zero-order chi connectivity index (χ0) is 18.4. The molecule has 2 aromatic carbocycles. The minimum atomic E-state index is -0.384. The molecule has 6 heteroatoms. The Bertz CT molecular complexity index is 768. The van der Waals surface area contributed by atoms with Crippen LogP contribution in [0.25, 0.3) is 0 Å². The van der Waals surface area contributed by atoms with Gasteiger partial charge in [-0.1, -0.05) is 39.0 Å². The van der Waals surface area contributed by atoms with Crippen molar-refractivity contribution in [2.45, 2.75) is 26.2 Å². The van der Waals surface area contributed by atoms with Crippen molar-refractivity contribution in [3.8, 4) is 5.75 Å². The van der Waals surface area contributed by atoms with Crippen molar-refractivity contribution in [2.24, 2.45) is 5.10 Å². The predicted molar refractivity (Wildman–Crippen MR) is 100 cm³/mol. The quantitative estimate of drug-likeness (QED) is 0.590. The Morgan fingerprint density at radius 2 is 1.92 bits per heavy atom. The molecule has 132 valence electrons. The first kappa shape index (κ1) is 19.1. The molecule has 2 rings (SSSR count). The van der Waals surface area contributed by atoms with Crippen LogP contribution in [0.1, 0.15) is 31.9 Å². The number of halogens is 2. The van der Waals surface area contributed by atoms with Gasteiger partial charge in [0, 0.05) is 0 Å². The van der Waals surface area contributed by atoms with Gasteiger partial charge in [-0.3, -0.25) is 4.79 Å². The molecule has 1 N–H and O–H groups in total. The van der Waals surface area contributed by atoms with E-state index in [1.54, 1.807) is 12.1 Å². The summed E-state index contributed by atoms with van der Waals surface area (Å²) in [5, 5.41) is 3.81. The van der Waals surface area contributed by atoms with Gasteiger partial charge < -0.3 is 4.74 Å². The second-order valence-corrected chi connectivity index (χ2v) is 7.38. The maximum Gasteiger partial charge on any atom is 0.277 e. The largest absolute Gasteiger partial charge is 0.483 e. The third-order valence-electron chi connectivity index (χ3n) is 3.43. The van der Waals surface area contributed by atoms with E-state index in [0.29, 0.717) is 11.3 Å². The van der Waals surface area contributed by atoms with Crippen LogP contribution in [0, 0.1) is 5.82 Å². The average molecular weight is 407 g/mol. The zero-order valence-electron chi connectivity index (χ0n) is 14.3. The summed E-state index contributed by atoms with van der Waals surface area (Å²) in [6.45, 7) is 6.22.